The van der Waals surface area contributed by atoms with Crippen LogP contribution in [0.25, 0.3) is 5.70 Å². The Labute approximate surface area is 188 Å². The molecular weight excluding hydrogens is 430 g/mol. The Bertz CT molecular complexity index is 1390. The van der Waals surface area contributed by atoms with Crippen LogP contribution in [0.3, 0.4) is 0 Å². The summed E-state index contributed by atoms with van der Waals surface area (Å²) in [6, 6.07) is 14.4. The molecule has 7 nitrogen and oxygen atoms in total. The molecule has 0 fully saturated rings. The molecule has 3 aromatic rings. The molecule has 2 aliphatic rings. The Kier molecular flexibility index (Phi) is 5.07. The third kappa shape index (κ3) is 3.13. The number of hydrogen-bond acceptors (Lipinski definition) is 5. The number of Topliss-reactive ketones (excluding diaryl/α,β-unsaturated/α-hetero) is 1. The van der Waals surface area contributed by atoms with E-state index in [1.807, 2.05) is 30.3 Å². The second-order valence-corrected chi connectivity index (χ2v) is 8.23. The molecule has 162 valence electrons. The molecule has 0 saturated heterocycles. The molecule has 2 N–H and O–H groups in total. The van der Waals surface area contributed by atoms with Crippen molar-refractivity contribution in [2.24, 2.45) is 0 Å². The topological polar surface area (TPSA) is 93.2 Å². The van der Waals surface area contributed by atoms with Crippen LogP contribution in [0, 0.1) is 0 Å². The molecule has 2 aromatic carbocycles. The number of aromatic nitrogens is 2. The number of anilines is 1. The SMILES string of the molecule is COCCCn1c2c(c(=O)[nH]c1=O)C(c1ccc(Cl)cc1)C1=C(N2)c2ccccc2C1=O. The van der Waals surface area contributed by atoms with Gasteiger partial charge < -0.3 is 10.1 Å². The highest BCUT2D eigenvalue weighted by Crippen LogP contribution is 2.47. The highest BCUT2D eigenvalue weighted by Gasteiger charge is 2.42. The maximum Gasteiger partial charge on any atom is 0.329 e. The summed E-state index contributed by atoms with van der Waals surface area (Å²) >= 11 is 6.10. The fourth-order valence-electron chi connectivity index (χ4n) is 4.53. The number of H-pyrrole nitrogens is 1. The van der Waals surface area contributed by atoms with Gasteiger partial charge >= 0.3 is 5.69 Å². The van der Waals surface area contributed by atoms with E-state index < -0.39 is 17.2 Å². The van der Waals surface area contributed by atoms with Crippen LogP contribution in [0.4, 0.5) is 5.82 Å². The van der Waals surface area contributed by atoms with Crippen LogP contribution in [0.5, 0.6) is 0 Å². The Morgan fingerprint density at radius 1 is 1.03 bits per heavy atom. The number of allylic oxidation sites excluding steroid dienone is 1. The molecule has 0 bridgehead atoms. The number of aromatic amines is 1. The summed E-state index contributed by atoms with van der Waals surface area (Å²) in [5, 5.41) is 3.82. The van der Waals surface area contributed by atoms with Gasteiger partial charge in [0, 0.05) is 47.9 Å². The zero-order valence-corrected chi connectivity index (χ0v) is 18.0. The lowest BCUT2D eigenvalue weighted by molar-refractivity contribution is 0.103. The predicted molar refractivity (Wildman–Crippen MR) is 122 cm³/mol. The number of ether oxygens (including phenoxy) is 1. The minimum absolute atomic E-state index is 0.134. The molecule has 0 saturated carbocycles. The number of nitrogens with zero attached hydrogens (tertiary/aromatic N) is 1. The number of methoxy groups -OCH3 is 1. The summed E-state index contributed by atoms with van der Waals surface area (Å²) in [6.07, 6.45) is 0.587. The normalized spacial score (nSPS) is 16.4. The second kappa shape index (κ2) is 7.93. The van der Waals surface area contributed by atoms with Gasteiger partial charge in [-0.25, -0.2) is 4.79 Å². The number of ketones is 1. The number of nitrogens with one attached hydrogen (secondary N) is 2. The standard InChI is InChI=1S/C24H20ClN3O4/c1-32-12-4-11-28-22-19(23(30)27-24(28)31)17(13-7-9-14(25)10-8-13)18-20(26-22)15-5-2-3-6-16(15)21(18)29/h2-3,5-10,17,26H,4,11-12H2,1H3,(H,27,30,31). The van der Waals surface area contributed by atoms with Crippen LogP contribution in [-0.4, -0.2) is 29.1 Å². The Morgan fingerprint density at radius 2 is 1.75 bits per heavy atom. The average molecular weight is 450 g/mol. The van der Waals surface area contributed by atoms with Crippen molar-refractivity contribution in [2.45, 2.75) is 18.9 Å². The van der Waals surface area contributed by atoms with E-state index in [0.717, 1.165) is 11.1 Å². The molecule has 1 aromatic heterocycles. The monoisotopic (exact) mass is 449 g/mol. The van der Waals surface area contributed by atoms with Crippen LogP contribution in [0.1, 0.15) is 39.4 Å². The average Bonchev–Trinajstić information content (AvgIpc) is 3.07. The van der Waals surface area contributed by atoms with E-state index in [2.05, 4.69) is 10.3 Å². The molecule has 2 heterocycles. The van der Waals surface area contributed by atoms with Gasteiger partial charge in [0.15, 0.2) is 5.78 Å². The van der Waals surface area contributed by atoms with Crippen LogP contribution in [0.15, 0.2) is 63.7 Å². The van der Waals surface area contributed by atoms with Gasteiger partial charge in [-0.05, 0) is 24.1 Å². The molecule has 0 radical (unpaired) electrons. The summed E-state index contributed by atoms with van der Waals surface area (Å²) < 4.78 is 6.64. The maximum atomic E-state index is 13.4. The smallest absolute Gasteiger partial charge is 0.329 e. The molecule has 5 rings (SSSR count). The van der Waals surface area contributed by atoms with E-state index in [1.54, 1.807) is 25.3 Å². The van der Waals surface area contributed by atoms with Crippen LogP contribution in [-0.2, 0) is 11.3 Å². The number of carbonyl (C=O) groups excluding carboxylic acids is 1. The van der Waals surface area contributed by atoms with Crippen molar-refractivity contribution in [1.29, 1.82) is 0 Å². The molecular formula is C24H20ClN3O4. The third-order valence-electron chi connectivity index (χ3n) is 5.94. The number of halogens is 1. The first-order valence-corrected chi connectivity index (χ1v) is 10.7. The summed E-state index contributed by atoms with van der Waals surface area (Å²) in [5.41, 5.74) is 2.51. The van der Waals surface area contributed by atoms with Crippen LogP contribution < -0.4 is 16.6 Å². The van der Waals surface area contributed by atoms with Gasteiger partial charge in [0.2, 0.25) is 0 Å². The second-order valence-electron chi connectivity index (χ2n) is 7.79. The molecule has 8 heteroatoms. The van der Waals surface area contributed by atoms with Crippen molar-refractivity contribution >= 4 is 28.9 Å². The summed E-state index contributed by atoms with van der Waals surface area (Å²) in [4.78, 5) is 41.7. The number of rotatable bonds is 5. The highest BCUT2D eigenvalue weighted by atomic mass is 35.5. The minimum atomic E-state index is -0.642. The predicted octanol–water partition coefficient (Wildman–Crippen LogP) is 3.39. The van der Waals surface area contributed by atoms with Gasteiger partial charge in [0.1, 0.15) is 5.82 Å². The van der Waals surface area contributed by atoms with Gasteiger partial charge in [0.25, 0.3) is 5.56 Å². The van der Waals surface area contributed by atoms with Crippen molar-refractivity contribution < 1.29 is 9.53 Å². The molecule has 0 amide bonds. The van der Waals surface area contributed by atoms with Crippen molar-refractivity contribution in [2.75, 3.05) is 19.0 Å². The van der Waals surface area contributed by atoms with E-state index in [-0.39, 0.29) is 5.78 Å². The van der Waals surface area contributed by atoms with Crippen molar-refractivity contribution in [3.05, 3.63) is 102 Å². The Morgan fingerprint density at radius 3 is 2.47 bits per heavy atom. The summed E-state index contributed by atoms with van der Waals surface area (Å²) in [7, 11) is 1.60. The van der Waals surface area contributed by atoms with E-state index >= 15 is 0 Å². The van der Waals surface area contributed by atoms with Gasteiger partial charge in [-0.2, -0.15) is 0 Å². The van der Waals surface area contributed by atoms with Gasteiger partial charge in [0.05, 0.1) is 11.3 Å². The molecule has 32 heavy (non-hydrogen) atoms. The Hall–Kier alpha value is -3.42. The van der Waals surface area contributed by atoms with Crippen LogP contribution in [0.2, 0.25) is 5.02 Å². The van der Waals surface area contributed by atoms with Crippen molar-refractivity contribution in [3.8, 4) is 0 Å². The zero-order chi connectivity index (χ0) is 22.4. The van der Waals surface area contributed by atoms with Gasteiger partial charge in [-0.15, -0.1) is 0 Å². The molecule has 1 aliphatic heterocycles. The van der Waals surface area contributed by atoms with E-state index in [4.69, 9.17) is 16.3 Å². The summed E-state index contributed by atoms with van der Waals surface area (Å²) in [5.74, 6) is -0.375. The quantitative estimate of drug-likeness (QED) is 0.582. The van der Waals surface area contributed by atoms with Crippen molar-refractivity contribution in [3.63, 3.8) is 0 Å². The van der Waals surface area contributed by atoms with E-state index in [0.29, 0.717) is 52.8 Å². The number of carbonyl (C=O) groups is 1. The fourth-order valence-corrected chi connectivity index (χ4v) is 4.66. The first kappa shape index (κ1) is 20.5. The largest absolute Gasteiger partial charge is 0.385 e. The zero-order valence-electron chi connectivity index (χ0n) is 17.3. The lowest BCUT2D eigenvalue weighted by atomic mass is 9.81. The highest BCUT2D eigenvalue weighted by molar-refractivity contribution is 6.30. The molecule has 1 aliphatic carbocycles. The maximum absolute atomic E-state index is 13.4. The molecule has 1 unspecified atom stereocenters. The minimum Gasteiger partial charge on any atom is -0.385 e. The van der Waals surface area contributed by atoms with Crippen molar-refractivity contribution in [1.82, 2.24) is 9.55 Å². The fraction of sp³-hybridized carbons (Fsp3) is 0.208. The number of benzene rings is 2. The first-order chi connectivity index (χ1) is 15.5. The first-order valence-electron chi connectivity index (χ1n) is 10.3. The van der Waals surface area contributed by atoms with Gasteiger partial charge in [-0.3, -0.25) is 19.1 Å². The van der Waals surface area contributed by atoms with E-state index in [9.17, 15) is 14.4 Å². The molecule has 1 atom stereocenters. The number of hydrogen-bond donors (Lipinski definition) is 2. The van der Waals surface area contributed by atoms with E-state index in [1.165, 1.54) is 4.57 Å². The van der Waals surface area contributed by atoms with Gasteiger partial charge in [-0.1, -0.05) is 48.0 Å². The van der Waals surface area contributed by atoms with Crippen LogP contribution >= 0.6 is 11.6 Å². The lowest BCUT2D eigenvalue weighted by Crippen LogP contribution is -2.38. The number of fused-ring (bicyclic) bond motifs is 3. The third-order valence-corrected chi connectivity index (χ3v) is 6.20. The Balaban J connectivity index is 1.78. The lowest BCUT2D eigenvalue weighted by Gasteiger charge is -2.29. The molecule has 0 spiro atoms. The summed E-state index contributed by atoms with van der Waals surface area (Å²) in [6.45, 7) is 0.820.